The van der Waals surface area contributed by atoms with E-state index in [9.17, 15) is 0 Å². The normalized spacial score (nSPS) is 12.1. The fourth-order valence-electron chi connectivity index (χ4n) is 1.80. The van der Waals surface area contributed by atoms with Crippen molar-refractivity contribution in [3.8, 4) is 17.3 Å². The molecule has 2 aromatic heterocycles. The van der Waals surface area contributed by atoms with Crippen molar-refractivity contribution in [1.29, 1.82) is 0 Å². The van der Waals surface area contributed by atoms with Gasteiger partial charge in [-0.25, -0.2) is 9.97 Å². The molecular weight excluding hydrogens is 306 g/mol. The number of ether oxygens (including phenoxy) is 1. The molecule has 0 saturated carbocycles. The fourth-order valence-corrected chi connectivity index (χ4v) is 1.98. The van der Waals surface area contributed by atoms with Crippen molar-refractivity contribution in [3.63, 3.8) is 0 Å². The number of benzene rings is 1. The van der Waals surface area contributed by atoms with Crippen molar-refractivity contribution in [2.45, 2.75) is 13.0 Å². The van der Waals surface area contributed by atoms with Crippen LogP contribution >= 0.6 is 11.6 Å². The van der Waals surface area contributed by atoms with Gasteiger partial charge >= 0.3 is 0 Å². The van der Waals surface area contributed by atoms with Crippen LogP contribution in [0.5, 0.6) is 5.75 Å². The van der Waals surface area contributed by atoms with Gasteiger partial charge in [0.05, 0.1) is 0 Å². The third-order valence-corrected chi connectivity index (χ3v) is 3.06. The van der Waals surface area contributed by atoms with Crippen molar-refractivity contribution in [2.75, 3.05) is 5.73 Å². The molecule has 0 aliphatic carbocycles. The molecule has 1 unspecified atom stereocenters. The van der Waals surface area contributed by atoms with E-state index in [1.54, 1.807) is 31.2 Å². The first-order valence-corrected chi connectivity index (χ1v) is 6.84. The molecule has 0 spiro atoms. The third kappa shape index (κ3) is 2.99. The van der Waals surface area contributed by atoms with E-state index in [4.69, 9.17) is 26.5 Å². The first-order valence-electron chi connectivity index (χ1n) is 6.46. The SMILES string of the molecule is CC(Oc1cccc(Cl)c1)c1nnc(-c2nccnc2N)o1. The number of nitrogen functional groups attached to an aromatic ring is 1. The number of halogens is 1. The maximum atomic E-state index is 5.92. The van der Waals surface area contributed by atoms with Crippen LogP contribution in [0, 0.1) is 0 Å². The molecule has 7 nitrogen and oxygen atoms in total. The Bertz CT molecular complexity index is 792. The van der Waals surface area contributed by atoms with Crippen LogP contribution in [-0.2, 0) is 0 Å². The monoisotopic (exact) mass is 317 g/mol. The predicted molar refractivity (Wildman–Crippen MR) is 80.2 cm³/mol. The Hall–Kier alpha value is -2.67. The number of aromatic nitrogens is 4. The quantitative estimate of drug-likeness (QED) is 0.789. The highest BCUT2D eigenvalue weighted by Crippen LogP contribution is 2.26. The summed E-state index contributed by atoms with van der Waals surface area (Å²) in [6, 6.07) is 7.06. The number of nitrogens with zero attached hydrogens (tertiary/aromatic N) is 4. The number of anilines is 1. The zero-order chi connectivity index (χ0) is 15.5. The van der Waals surface area contributed by atoms with E-state index >= 15 is 0 Å². The third-order valence-electron chi connectivity index (χ3n) is 2.83. The second-order valence-corrected chi connectivity index (χ2v) is 4.89. The topological polar surface area (TPSA) is 100.0 Å². The summed E-state index contributed by atoms with van der Waals surface area (Å²) in [6.07, 6.45) is 2.54. The van der Waals surface area contributed by atoms with E-state index in [0.29, 0.717) is 22.4 Å². The lowest BCUT2D eigenvalue weighted by atomic mass is 10.3. The summed E-state index contributed by atoms with van der Waals surface area (Å²) >= 11 is 5.92. The van der Waals surface area contributed by atoms with Crippen molar-refractivity contribution >= 4 is 17.4 Å². The Labute approximate surface area is 131 Å². The van der Waals surface area contributed by atoms with E-state index in [1.165, 1.54) is 12.4 Å². The summed E-state index contributed by atoms with van der Waals surface area (Å²) in [5.74, 6) is 1.34. The Morgan fingerprint density at radius 3 is 2.82 bits per heavy atom. The first-order chi connectivity index (χ1) is 10.6. The van der Waals surface area contributed by atoms with Gasteiger partial charge in [-0.15, -0.1) is 10.2 Å². The van der Waals surface area contributed by atoms with Crippen LogP contribution in [-0.4, -0.2) is 20.2 Å². The molecule has 1 atom stereocenters. The van der Waals surface area contributed by atoms with Crippen molar-refractivity contribution in [2.24, 2.45) is 0 Å². The van der Waals surface area contributed by atoms with Crippen molar-refractivity contribution in [1.82, 2.24) is 20.2 Å². The highest BCUT2D eigenvalue weighted by atomic mass is 35.5. The predicted octanol–water partition coefficient (Wildman–Crippen LogP) is 2.90. The molecule has 3 rings (SSSR count). The summed E-state index contributed by atoms with van der Waals surface area (Å²) in [7, 11) is 0. The molecule has 0 fully saturated rings. The van der Waals surface area contributed by atoms with Gasteiger partial charge in [0, 0.05) is 17.4 Å². The lowest BCUT2D eigenvalue weighted by molar-refractivity contribution is 0.189. The minimum atomic E-state index is -0.447. The van der Waals surface area contributed by atoms with E-state index in [1.807, 2.05) is 0 Å². The standard InChI is InChI=1S/C14H12ClN5O2/c1-8(21-10-4-2-3-9(15)7-10)13-19-20-14(22-13)11-12(16)18-6-5-17-11/h2-8H,1H3,(H2,16,18). The highest BCUT2D eigenvalue weighted by molar-refractivity contribution is 6.30. The molecule has 0 bridgehead atoms. The molecule has 0 saturated heterocycles. The van der Waals surface area contributed by atoms with Crippen molar-refractivity contribution in [3.05, 3.63) is 47.6 Å². The largest absolute Gasteiger partial charge is 0.481 e. The fraction of sp³-hybridized carbons (Fsp3) is 0.143. The van der Waals surface area contributed by atoms with E-state index in [-0.39, 0.29) is 11.7 Å². The summed E-state index contributed by atoms with van der Waals surface area (Å²) in [5.41, 5.74) is 6.07. The molecule has 0 aliphatic heterocycles. The van der Waals surface area contributed by atoms with Crippen LogP contribution in [0.2, 0.25) is 5.02 Å². The number of hydrogen-bond donors (Lipinski definition) is 1. The molecule has 0 radical (unpaired) electrons. The molecule has 2 N–H and O–H groups in total. The van der Waals surface area contributed by atoms with Gasteiger partial charge in [0.1, 0.15) is 5.75 Å². The number of hydrogen-bond acceptors (Lipinski definition) is 7. The van der Waals surface area contributed by atoms with E-state index < -0.39 is 6.10 Å². The average Bonchev–Trinajstić information content (AvgIpc) is 2.97. The second kappa shape index (κ2) is 5.98. The molecule has 0 aliphatic rings. The smallest absolute Gasteiger partial charge is 0.270 e. The van der Waals surface area contributed by atoms with Crippen LogP contribution < -0.4 is 10.5 Å². The van der Waals surface area contributed by atoms with Gasteiger partial charge in [-0.1, -0.05) is 17.7 Å². The van der Waals surface area contributed by atoms with Crippen LogP contribution in [0.3, 0.4) is 0 Å². The highest BCUT2D eigenvalue weighted by Gasteiger charge is 2.19. The second-order valence-electron chi connectivity index (χ2n) is 4.45. The zero-order valence-corrected chi connectivity index (χ0v) is 12.4. The Morgan fingerprint density at radius 1 is 1.23 bits per heavy atom. The first kappa shape index (κ1) is 14.3. The van der Waals surface area contributed by atoms with Crippen LogP contribution in [0.1, 0.15) is 18.9 Å². The van der Waals surface area contributed by atoms with Gasteiger partial charge in [-0.2, -0.15) is 0 Å². The van der Waals surface area contributed by atoms with Gasteiger partial charge in [0.15, 0.2) is 17.6 Å². The maximum absolute atomic E-state index is 5.92. The molecular formula is C14H12ClN5O2. The van der Waals surface area contributed by atoms with E-state index in [0.717, 1.165) is 0 Å². The number of nitrogens with two attached hydrogens (primary N) is 1. The minimum Gasteiger partial charge on any atom is -0.481 e. The van der Waals surface area contributed by atoms with Gasteiger partial charge in [-0.3, -0.25) is 0 Å². The summed E-state index contributed by atoms with van der Waals surface area (Å²) in [4.78, 5) is 8.00. The maximum Gasteiger partial charge on any atom is 0.270 e. The Kier molecular flexibility index (Phi) is 3.88. The van der Waals surface area contributed by atoms with Crippen LogP contribution in [0.15, 0.2) is 41.1 Å². The summed E-state index contributed by atoms with van der Waals surface area (Å²) in [6.45, 7) is 1.79. The summed E-state index contributed by atoms with van der Waals surface area (Å²) in [5, 5.41) is 8.46. The molecule has 1 aromatic carbocycles. The average molecular weight is 318 g/mol. The van der Waals surface area contributed by atoms with E-state index in [2.05, 4.69) is 20.2 Å². The van der Waals surface area contributed by atoms with Gasteiger partial charge in [0.25, 0.3) is 11.8 Å². The molecule has 112 valence electrons. The van der Waals surface area contributed by atoms with Gasteiger partial charge in [-0.05, 0) is 25.1 Å². The van der Waals surface area contributed by atoms with Crippen LogP contribution in [0.4, 0.5) is 5.82 Å². The summed E-state index contributed by atoms with van der Waals surface area (Å²) < 4.78 is 11.3. The van der Waals surface area contributed by atoms with Gasteiger partial charge < -0.3 is 14.9 Å². The number of rotatable bonds is 4. The zero-order valence-electron chi connectivity index (χ0n) is 11.6. The van der Waals surface area contributed by atoms with Crippen LogP contribution in [0.25, 0.3) is 11.6 Å². The molecule has 3 aromatic rings. The van der Waals surface area contributed by atoms with Crippen molar-refractivity contribution < 1.29 is 9.15 Å². The molecule has 22 heavy (non-hydrogen) atoms. The molecule has 8 heteroatoms. The minimum absolute atomic E-state index is 0.196. The molecule has 0 amide bonds. The Morgan fingerprint density at radius 2 is 2.05 bits per heavy atom. The Balaban J connectivity index is 1.80. The lowest BCUT2D eigenvalue weighted by Crippen LogP contribution is -2.03. The lowest BCUT2D eigenvalue weighted by Gasteiger charge is -2.10. The van der Waals surface area contributed by atoms with Gasteiger partial charge in [0.2, 0.25) is 0 Å². The molecule has 2 heterocycles.